The minimum atomic E-state index is -0.332. The Bertz CT molecular complexity index is 1150. The number of aromatic nitrogens is 1. The highest BCUT2D eigenvalue weighted by atomic mass is 35.5. The number of para-hydroxylation sites is 1. The minimum Gasteiger partial charge on any atom is -0.360 e. The molecule has 8 heteroatoms. The maximum atomic E-state index is 12.7. The quantitative estimate of drug-likeness (QED) is 0.474. The third-order valence-corrected chi connectivity index (χ3v) is 5.50. The summed E-state index contributed by atoms with van der Waals surface area (Å²) in [5.41, 5.74) is 4.88. The smallest absolute Gasteiger partial charge is 0.323 e. The zero-order valence-electron chi connectivity index (χ0n) is 17.7. The van der Waals surface area contributed by atoms with Gasteiger partial charge in [0.2, 0.25) is 5.91 Å². The predicted octanol–water partition coefficient (Wildman–Crippen LogP) is 5.08. The molecule has 0 atom stereocenters. The van der Waals surface area contributed by atoms with Crippen LogP contribution in [0.2, 0.25) is 5.15 Å². The van der Waals surface area contributed by atoms with E-state index < -0.39 is 0 Å². The third kappa shape index (κ3) is 5.18. The van der Waals surface area contributed by atoms with Crippen LogP contribution in [0.4, 0.5) is 27.5 Å². The number of fused-ring (bicyclic) bond motifs is 1. The highest BCUT2D eigenvalue weighted by Gasteiger charge is 2.23. The first-order valence-corrected chi connectivity index (χ1v) is 10.8. The largest absolute Gasteiger partial charge is 0.360 e. The van der Waals surface area contributed by atoms with Crippen molar-refractivity contribution in [3.63, 3.8) is 0 Å². The summed E-state index contributed by atoms with van der Waals surface area (Å²) < 4.78 is 0. The molecule has 3 N–H and O–H groups in total. The maximum Gasteiger partial charge on any atom is 0.323 e. The molecule has 3 aromatic rings. The van der Waals surface area contributed by atoms with Crippen molar-refractivity contribution in [2.24, 2.45) is 0 Å². The van der Waals surface area contributed by atoms with Gasteiger partial charge in [-0.2, -0.15) is 0 Å². The van der Waals surface area contributed by atoms with E-state index in [-0.39, 0.29) is 23.6 Å². The fourth-order valence-electron chi connectivity index (χ4n) is 3.85. The van der Waals surface area contributed by atoms with Crippen LogP contribution in [0.25, 0.3) is 0 Å². The van der Waals surface area contributed by atoms with Gasteiger partial charge in [-0.15, -0.1) is 0 Å². The van der Waals surface area contributed by atoms with E-state index in [0.717, 1.165) is 35.3 Å². The Morgan fingerprint density at radius 1 is 1.03 bits per heavy atom. The van der Waals surface area contributed by atoms with Crippen LogP contribution in [0, 0.1) is 6.92 Å². The van der Waals surface area contributed by atoms with E-state index in [9.17, 15) is 9.59 Å². The zero-order chi connectivity index (χ0) is 22.5. The normalized spacial score (nSPS) is 12.6. The van der Waals surface area contributed by atoms with E-state index >= 15 is 0 Å². The van der Waals surface area contributed by atoms with Crippen LogP contribution in [0.3, 0.4) is 0 Å². The first kappa shape index (κ1) is 21.6. The fourth-order valence-corrected chi connectivity index (χ4v) is 4.01. The van der Waals surface area contributed by atoms with Crippen LogP contribution < -0.4 is 20.9 Å². The molecule has 3 amide bonds. The van der Waals surface area contributed by atoms with Crippen molar-refractivity contribution in [3.8, 4) is 0 Å². The van der Waals surface area contributed by atoms with Crippen molar-refractivity contribution in [1.29, 1.82) is 0 Å². The molecule has 164 valence electrons. The second-order valence-corrected chi connectivity index (χ2v) is 8.03. The topological polar surface area (TPSA) is 86.4 Å². The van der Waals surface area contributed by atoms with Crippen molar-refractivity contribution in [2.45, 2.75) is 19.8 Å². The average Bonchev–Trinajstić information content (AvgIpc) is 2.75. The number of aryl methyl sites for hydroxylation is 2. The monoisotopic (exact) mass is 449 g/mol. The van der Waals surface area contributed by atoms with E-state index in [1.54, 1.807) is 18.3 Å². The molecule has 0 fully saturated rings. The Balaban J connectivity index is 1.50. The lowest BCUT2D eigenvalue weighted by molar-refractivity contribution is -0.115. The van der Waals surface area contributed by atoms with Crippen molar-refractivity contribution in [1.82, 2.24) is 4.98 Å². The van der Waals surface area contributed by atoms with Crippen molar-refractivity contribution < 1.29 is 9.59 Å². The first-order chi connectivity index (χ1) is 15.5. The molecular weight excluding hydrogens is 426 g/mol. The summed E-state index contributed by atoms with van der Waals surface area (Å²) in [5, 5.41) is 8.87. The highest BCUT2D eigenvalue weighted by Crippen LogP contribution is 2.34. The van der Waals surface area contributed by atoms with Crippen molar-refractivity contribution in [3.05, 3.63) is 77.1 Å². The number of carbonyl (C=O) groups is 2. The van der Waals surface area contributed by atoms with Crippen LogP contribution in [-0.4, -0.2) is 30.0 Å². The van der Waals surface area contributed by atoms with Gasteiger partial charge in [-0.3, -0.25) is 4.79 Å². The number of benzene rings is 2. The van der Waals surface area contributed by atoms with E-state index in [0.29, 0.717) is 17.9 Å². The number of hydrogen-bond donors (Lipinski definition) is 3. The lowest BCUT2D eigenvalue weighted by Crippen LogP contribution is -2.37. The Morgan fingerprint density at radius 3 is 2.66 bits per heavy atom. The predicted molar refractivity (Wildman–Crippen MR) is 129 cm³/mol. The average molecular weight is 450 g/mol. The van der Waals surface area contributed by atoms with Gasteiger partial charge in [-0.05, 0) is 61.2 Å². The summed E-state index contributed by atoms with van der Waals surface area (Å²) in [7, 11) is 0. The minimum absolute atomic E-state index is 0.135. The molecule has 1 aliphatic rings. The van der Waals surface area contributed by atoms with E-state index in [1.165, 1.54) is 0 Å². The number of amides is 3. The molecule has 2 aromatic carbocycles. The molecule has 7 nitrogen and oxygen atoms in total. The van der Waals surface area contributed by atoms with Crippen LogP contribution in [0.15, 0.2) is 60.8 Å². The van der Waals surface area contributed by atoms with Gasteiger partial charge >= 0.3 is 6.03 Å². The molecule has 0 bridgehead atoms. The maximum absolute atomic E-state index is 12.7. The number of anilines is 4. The highest BCUT2D eigenvalue weighted by molar-refractivity contribution is 6.32. The molecule has 0 spiro atoms. The molecule has 4 rings (SSSR count). The molecule has 2 heterocycles. The van der Waals surface area contributed by atoms with E-state index in [4.69, 9.17) is 11.6 Å². The Hall–Kier alpha value is -3.58. The number of pyridine rings is 1. The zero-order valence-corrected chi connectivity index (χ0v) is 18.4. The van der Waals surface area contributed by atoms with E-state index in [2.05, 4.69) is 20.9 Å². The summed E-state index contributed by atoms with van der Waals surface area (Å²) in [6, 6.07) is 16.5. The fraction of sp³-hybridized carbons (Fsp3) is 0.208. The first-order valence-electron chi connectivity index (χ1n) is 10.4. The molecule has 1 aromatic heterocycles. The number of urea groups is 1. The van der Waals surface area contributed by atoms with E-state index in [1.807, 2.05) is 54.3 Å². The van der Waals surface area contributed by atoms with Crippen molar-refractivity contribution >= 4 is 46.3 Å². The van der Waals surface area contributed by atoms with Gasteiger partial charge in [0.1, 0.15) is 0 Å². The molecule has 32 heavy (non-hydrogen) atoms. The van der Waals surface area contributed by atoms with Gasteiger partial charge in [0, 0.05) is 18.4 Å². The molecule has 1 aliphatic heterocycles. The Kier molecular flexibility index (Phi) is 6.56. The van der Waals surface area contributed by atoms with Crippen LogP contribution in [-0.2, 0) is 11.2 Å². The van der Waals surface area contributed by atoms with Gasteiger partial charge < -0.3 is 20.9 Å². The summed E-state index contributed by atoms with van der Waals surface area (Å²) in [6.07, 6.45) is 3.38. The van der Waals surface area contributed by atoms with Crippen LogP contribution >= 0.6 is 11.6 Å². The SMILES string of the molecule is Cc1cccc(NC(=O)Nc2cccc3c2N(CC(=O)Nc2cccnc2Cl)CCC3)c1. The van der Waals surface area contributed by atoms with Gasteiger partial charge in [0.25, 0.3) is 0 Å². The molecule has 0 saturated carbocycles. The molecular formula is C24H24ClN5O2. The molecule has 0 saturated heterocycles. The van der Waals surface area contributed by atoms with Crippen LogP contribution in [0.1, 0.15) is 17.5 Å². The summed E-state index contributed by atoms with van der Waals surface area (Å²) in [5.74, 6) is -0.202. The number of hydrogen-bond acceptors (Lipinski definition) is 4. The van der Waals surface area contributed by atoms with Crippen LogP contribution in [0.5, 0.6) is 0 Å². The second kappa shape index (κ2) is 9.70. The van der Waals surface area contributed by atoms with Gasteiger partial charge in [-0.1, -0.05) is 35.9 Å². The summed E-state index contributed by atoms with van der Waals surface area (Å²) in [6.45, 7) is 2.81. The molecule has 0 aliphatic carbocycles. The number of nitrogens with zero attached hydrogens (tertiary/aromatic N) is 2. The summed E-state index contributed by atoms with van der Waals surface area (Å²) >= 11 is 6.06. The number of nitrogens with one attached hydrogen (secondary N) is 3. The lowest BCUT2D eigenvalue weighted by Gasteiger charge is -2.32. The molecule has 0 unspecified atom stereocenters. The van der Waals surface area contributed by atoms with Gasteiger partial charge in [0.05, 0.1) is 23.6 Å². The summed E-state index contributed by atoms with van der Waals surface area (Å²) in [4.78, 5) is 31.3. The third-order valence-electron chi connectivity index (χ3n) is 5.20. The van der Waals surface area contributed by atoms with Crippen molar-refractivity contribution in [2.75, 3.05) is 33.9 Å². The van der Waals surface area contributed by atoms with Gasteiger partial charge in [0.15, 0.2) is 5.15 Å². The van der Waals surface area contributed by atoms with Gasteiger partial charge in [-0.25, -0.2) is 9.78 Å². The Morgan fingerprint density at radius 2 is 1.84 bits per heavy atom. The Labute approximate surface area is 191 Å². The molecule has 0 radical (unpaired) electrons. The standard InChI is InChI=1S/C24H24ClN5O2/c1-16-6-2-9-18(14-16)27-24(32)29-19-10-3-7-17-8-5-13-30(22(17)19)15-21(31)28-20-11-4-12-26-23(20)25/h2-4,6-7,9-12,14H,5,8,13,15H2,1H3,(H,28,31)(H2,27,29,32). The lowest BCUT2D eigenvalue weighted by atomic mass is 10.00. The number of halogens is 1. The number of rotatable bonds is 5. The number of carbonyl (C=O) groups excluding carboxylic acids is 2. The second-order valence-electron chi connectivity index (χ2n) is 7.68.